The van der Waals surface area contributed by atoms with Gasteiger partial charge in [0.1, 0.15) is 0 Å². The number of hydrogen-bond donors (Lipinski definition) is 2. The topological polar surface area (TPSA) is 57.5 Å². The molecule has 4 heteroatoms. The summed E-state index contributed by atoms with van der Waals surface area (Å²) < 4.78 is 0. The Hall–Kier alpha value is -0.0417. The van der Waals surface area contributed by atoms with Crippen molar-refractivity contribution in [2.45, 2.75) is 0 Å². The summed E-state index contributed by atoms with van der Waals surface area (Å²) in [5.74, 6) is 0. The van der Waals surface area contributed by atoms with Gasteiger partial charge in [-0.2, -0.15) is 0 Å². The first-order valence-electron chi connectivity index (χ1n) is 0.651. The number of carbonyl (C=O) groups is 1. The van der Waals surface area contributed by atoms with Crippen LogP contribution in [0, 0.1) is 0 Å². The SMILES string of the molecule is O=C(O)O.[W]. The van der Waals surface area contributed by atoms with E-state index < -0.39 is 6.16 Å². The molecule has 0 atom stereocenters. The summed E-state index contributed by atoms with van der Waals surface area (Å²) in [7, 11) is 0. The van der Waals surface area contributed by atoms with Crippen LogP contribution in [0.3, 0.4) is 0 Å². The van der Waals surface area contributed by atoms with Crippen LogP contribution < -0.4 is 0 Å². The van der Waals surface area contributed by atoms with Gasteiger partial charge in [0, 0.05) is 21.1 Å². The van der Waals surface area contributed by atoms with Crippen LogP contribution in [0.1, 0.15) is 0 Å². The van der Waals surface area contributed by atoms with Gasteiger partial charge in [0.2, 0.25) is 0 Å². The molecule has 0 rings (SSSR count). The van der Waals surface area contributed by atoms with Crippen molar-refractivity contribution < 1.29 is 36.1 Å². The van der Waals surface area contributed by atoms with Gasteiger partial charge < -0.3 is 10.2 Å². The Morgan fingerprint density at radius 3 is 1.40 bits per heavy atom. The predicted octanol–water partition coefficient (Wildman–Crippen LogP) is 0.220. The molecule has 0 saturated carbocycles. The molecule has 3 nitrogen and oxygen atoms in total. The maximum atomic E-state index is 8.56. The van der Waals surface area contributed by atoms with Gasteiger partial charge in [0.25, 0.3) is 0 Å². The molecule has 0 aromatic heterocycles. The molecule has 0 bridgehead atoms. The minimum Gasteiger partial charge on any atom is -0.450 e. The zero-order valence-corrected chi connectivity index (χ0v) is 5.14. The Bertz CT molecular complexity index is 29.9. The standard InChI is InChI=1S/CH2O3.W/c2-1(3)4;/h(H2,2,3,4);. The summed E-state index contributed by atoms with van der Waals surface area (Å²) in [6.07, 6.45) is -1.83. The van der Waals surface area contributed by atoms with Crippen LogP contribution in [0.15, 0.2) is 0 Å². The summed E-state index contributed by atoms with van der Waals surface area (Å²) in [5, 5.41) is 13.9. The zero-order chi connectivity index (χ0) is 3.58. The summed E-state index contributed by atoms with van der Waals surface area (Å²) in [4.78, 5) is 8.56. The van der Waals surface area contributed by atoms with E-state index in [0.717, 1.165) is 0 Å². The van der Waals surface area contributed by atoms with Crippen molar-refractivity contribution in [1.29, 1.82) is 0 Å². The van der Waals surface area contributed by atoms with Gasteiger partial charge in [-0.1, -0.05) is 0 Å². The van der Waals surface area contributed by atoms with Gasteiger partial charge in [-0.3, -0.25) is 0 Å². The molecule has 0 saturated heterocycles. The molecule has 30 valence electrons. The summed E-state index contributed by atoms with van der Waals surface area (Å²) in [5.41, 5.74) is 0. The molecule has 0 amide bonds. The third-order valence-corrected chi connectivity index (χ3v) is 0. The van der Waals surface area contributed by atoms with E-state index in [-0.39, 0.29) is 21.1 Å². The van der Waals surface area contributed by atoms with Crippen molar-refractivity contribution in [3.63, 3.8) is 0 Å². The molecule has 0 aromatic carbocycles. The van der Waals surface area contributed by atoms with E-state index in [1.807, 2.05) is 0 Å². The Morgan fingerprint density at radius 1 is 1.40 bits per heavy atom. The van der Waals surface area contributed by atoms with Crippen LogP contribution in [0.4, 0.5) is 4.79 Å². The normalized spacial score (nSPS) is 4.80. The second kappa shape index (κ2) is 3.96. The largest absolute Gasteiger partial charge is 0.503 e. The van der Waals surface area contributed by atoms with Gasteiger partial charge in [-0.15, -0.1) is 0 Å². The Labute approximate surface area is 42.9 Å². The second-order valence-electron chi connectivity index (χ2n) is 0.283. The van der Waals surface area contributed by atoms with Crippen molar-refractivity contribution >= 4 is 6.16 Å². The fraction of sp³-hybridized carbons (Fsp3) is 0. The molecule has 0 unspecified atom stereocenters. The van der Waals surface area contributed by atoms with Crippen LogP contribution in [0.2, 0.25) is 0 Å². The van der Waals surface area contributed by atoms with Gasteiger partial charge in [0.15, 0.2) is 0 Å². The van der Waals surface area contributed by atoms with E-state index >= 15 is 0 Å². The quantitative estimate of drug-likeness (QED) is 0.642. The van der Waals surface area contributed by atoms with Crippen LogP contribution >= 0.6 is 0 Å². The molecule has 2 N–H and O–H groups in total. The van der Waals surface area contributed by atoms with Crippen molar-refractivity contribution in [2.75, 3.05) is 0 Å². The summed E-state index contributed by atoms with van der Waals surface area (Å²) in [6.45, 7) is 0. The minimum atomic E-state index is -1.83. The van der Waals surface area contributed by atoms with E-state index in [1.165, 1.54) is 0 Å². The molecule has 0 fully saturated rings. The molecule has 5 heavy (non-hydrogen) atoms. The summed E-state index contributed by atoms with van der Waals surface area (Å²) >= 11 is 0. The average molecular weight is 246 g/mol. The van der Waals surface area contributed by atoms with Crippen molar-refractivity contribution in [1.82, 2.24) is 0 Å². The third kappa shape index (κ3) is 8730. The first-order chi connectivity index (χ1) is 1.73. The van der Waals surface area contributed by atoms with Crippen LogP contribution in [0.25, 0.3) is 0 Å². The van der Waals surface area contributed by atoms with Crippen molar-refractivity contribution in [3.8, 4) is 0 Å². The monoisotopic (exact) mass is 246 g/mol. The second-order valence-corrected chi connectivity index (χ2v) is 0.283. The smallest absolute Gasteiger partial charge is 0.450 e. The van der Waals surface area contributed by atoms with E-state index in [4.69, 9.17) is 15.0 Å². The van der Waals surface area contributed by atoms with Crippen LogP contribution in [-0.4, -0.2) is 16.4 Å². The third-order valence-electron chi connectivity index (χ3n) is 0. The van der Waals surface area contributed by atoms with E-state index in [9.17, 15) is 0 Å². The Kier molecular flexibility index (Phi) is 7.03. The first-order valence-corrected chi connectivity index (χ1v) is 0.651. The van der Waals surface area contributed by atoms with E-state index in [0.29, 0.717) is 0 Å². The molecule has 0 spiro atoms. The fourth-order valence-corrected chi connectivity index (χ4v) is 0. The van der Waals surface area contributed by atoms with Crippen molar-refractivity contribution in [2.24, 2.45) is 0 Å². The van der Waals surface area contributed by atoms with E-state index in [2.05, 4.69) is 0 Å². The van der Waals surface area contributed by atoms with E-state index in [1.54, 1.807) is 0 Å². The van der Waals surface area contributed by atoms with Gasteiger partial charge in [-0.05, 0) is 0 Å². The Morgan fingerprint density at radius 2 is 1.40 bits per heavy atom. The molecule has 0 aliphatic heterocycles. The molecule has 0 aromatic rings. The summed E-state index contributed by atoms with van der Waals surface area (Å²) in [6, 6.07) is 0. The number of hydrogen-bond acceptors (Lipinski definition) is 1. The molecule has 0 aliphatic carbocycles. The molecule has 0 heterocycles. The minimum absolute atomic E-state index is 0. The fourth-order valence-electron chi connectivity index (χ4n) is 0. The van der Waals surface area contributed by atoms with Gasteiger partial charge in [0.05, 0.1) is 0 Å². The molecular weight excluding hydrogens is 244 g/mol. The van der Waals surface area contributed by atoms with Crippen LogP contribution in [0.5, 0.6) is 0 Å². The van der Waals surface area contributed by atoms with Crippen molar-refractivity contribution in [3.05, 3.63) is 0 Å². The maximum absolute atomic E-state index is 8.56. The predicted molar refractivity (Wildman–Crippen MR) is 10.7 cm³/mol. The maximum Gasteiger partial charge on any atom is 0.503 e. The Balaban J connectivity index is 0. The average Bonchev–Trinajstić information content (AvgIpc) is 0.811. The molecule has 0 radical (unpaired) electrons. The van der Waals surface area contributed by atoms with Crippen LogP contribution in [-0.2, 0) is 21.1 Å². The first kappa shape index (κ1) is 8.88. The molecule has 0 aliphatic rings. The van der Waals surface area contributed by atoms with Gasteiger partial charge >= 0.3 is 6.16 Å². The van der Waals surface area contributed by atoms with Gasteiger partial charge in [-0.25, -0.2) is 4.79 Å². The number of rotatable bonds is 0. The number of carboxylic acid groups (broad SMARTS) is 2. The zero-order valence-electron chi connectivity index (χ0n) is 2.21. The molecular formula is CH2O3W.